The number of hydrogen-bond acceptors (Lipinski definition) is 3. The molecule has 0 spiro atoms. The summed E-state index contributed by atoms with van der Waals surface area (Å²) >= 11 is 5.76. The molecule has 1 heterocycles. The second-order valence-corrected chi connectivity index (χ2v) is 5.31. The van der Waals surface area contributed by atoms with Crippen LogP contribution in [0.4, 0.5) is 13.2 Å². The quantitative estimate of drug-likeness (QED) is 0.766. The summed E-state index contributed by atoms with van der Waals surface area (Å²) < 4.78 is 55.7. The molecule has 0 aliphatic carbocycles. The summed E-state index contributed by atoms with van der Waals surface area (Å²) in [4.78, 5) is 0. The van der Waals surface area contributed by atoms with Gasteiger partial charge >= 0.3 is 6.18 Å². The first-order valence-electron chi connectivity index (χ1n) is 6.81. The SMILES string of the molecule is FC(F)(F)c1cc(Oc2ccc(Cl)cc2)ccc1C1OCCO1. The molecule has 0 unspecified atom stereocenters. The molecule has 0 amide bonds. The van der Waals surface area contributed by atoms with Crippen LogP contribution in [0.2, 0.25) is 5.02 Å². The number of hydrogen-bond donors (Lipinski definition) is 0. The molecule has 1 fully saturated rings. The molecule has 0 aromatic heterocycles. The van der Waals surface area contributed by atoms with Crippen LogP contribution in [0.25, 0.3) is 0 Å². The maximum atomic E-state index is 13.3. The Balaban J connectivity index is 1.91. The van der Waals surface area contributed by atoms with Crippen molar-refractivity contribution in [2.45, 2.75) is 12.5 Å². The first kappa shape index (κ1) is 16.1. The van der Waals surface area contributed by atoms with E-state index in [9.17, 15) is 13.2 Å². The highest BCUT2D eigenvalue weighted by Crippen LogP contribution is 2.39. The zero-order valence-electron chi connectivity index (χ0n) is 11.8. The minimum atomic E-state index is -4.54. The Kier molecular flexibility index (Phi) is 4.48. The molecule has 0 N–H and O–H groups in total. The topological polar surface area (TPSA) is 27.7 Å². The lowest BCUT2D eigenvalue weighted by atomic mass is 10.1. The number of ether oxygens (including phenoxy) is 3. The van der Waals surface area contributed by atoms with Crippen molar-refractivity contribution in [1.29, 1.82) is 0 Å². The molecule has 2 aromatic rings. The summed E-state index contributed by atoms with van der Waals surface area (Å²) in [6.45, 7) is 0.538. The maximum absolute atomic E-state index is 13.3. The van der Waals surface area contributed by atoms with Crippen LogP contribution < -0.4 is 4.74 Å². The van der Waals surface area contributed by atoms with Crippen molar-refractivity contribution < 1.29 is 27.4 Å². The number of halogens is 4. The van der Waals surface area contributed by atoms with Gasteiger partial charge in [-0.1, -0.05) is 11.6 Å². The van der Waals surface area contributed by atoms with Gasteiger partial charge in [-0.05, 0) is 42.5 Å². The Morgan fingerprint density at radius 1 is 0.957 bits per heavy atom. The highest BCUT2D eigenvalue weighted by atomic mass is 35.5. The van der Waals surface area contributed by atoms with E-state index in [1.807, 2.05) is 0 Å². The summed E-state index contributed by atoms with van der Waals surface area (Å²) in [7, 11) is 0. The molecular weight excluding hydrogens is 333 g/mol. The van der Waals surface area contributed by atoms with E-state index in [1.165, 1.54) is 12.1 Å². The average molecular weight is 345 g/mol. The third-order valence-corrected chi connectivity index (χ3v) is 3.51. The largest absolute Gasteiger partial charge is 0.457 e. The van der Waals surface area contributed by atoms with Crippen molar-refractivity contribution in [3.63, 3.8) is 0 Å². The number of rotatable bonds is 3. The van der Waals surface area contributed by atoms with Crippen LogP contribution in [0.5, 0.6) is 11.5 Å². The molecule has 1 saturated heterocycles. The molecule has 0 atom stereocenters. The van der Waals surface area contributed by atoms with Crippen molar-refractivity contribution in [1.82, 2.24) is 0 Å². The summed E-state index contributed by atoms with van der Waals surface area (Å²) in [5, 5.41) is 0.513. The molecule has 0 saturated carbocycles. The Morgan fingerprint density at radius 3 is 2.17 bits per heavy atom. The maximum Gasteiger partial charge on any atom is 0.416 e. The second kappa shape index (κ2) is 6.39. The lowest BCUT2D eigenvalue weighted by molar-refractivity contribution is -0.142. The molecule has 0 bridgehead atoms. The first-order chi connectivity index (χ1) is 10.9. The van der Waals surface area contributed by atoms with Crippen LogP contribution in [0.15, 0.2) is 42.5 Å². The predicted octanol–water partition coefficient (Wildman–Crippen LogP) is 5.20. The van der Waals surface area contributed by atoms with Crippen LogP contribution in [0.1, 0.15) is 17.4 Å². The molecule has 122 valence electrons. The fourth-order valence-corrected chi connectivity index (χ4v) is 2.35. The standard InChI is InChI=1S/C16H12ClF3O3/c17-10-1-3-11(4-2-10)23-12-5-6-13(15-21-7-8-22-15)14(9-12)16(18,19)20/h1-6,9,15H,7-8H2. The highest BCUT2D eigenvalue weighted by Gasteiger charge is 2.37. The minimum absolute atomic E-state index is 0.0570. The van der Waals surface area contributed by atoms with Gasteiger partial charge in [0.2, 0.25) is 0 Å². The van der Waals surface area contributed by atoms with E-state index < -0.39 is 18.0 Å². The Morgan fingerprint density at radius 2 is 1.57 bits per heavy atom. The van der Waals surface area contributed by atoms with Gasteiger partial charge < -0.3 is 14.2 Å². The average Bonchev–Trinajstić information content (AvgIpc) is 3.03. The van der Waals surface area contributed by atoms with E-state index in [2.05, 4.69) is 0 Å². The summed E-state index contributed by atoms with van der Waals surface area (Å²) in [5.41, 5.74) is -0.894. The molecule has 23 heavy (non-hydrogen) atoms. The Bertz CT molecular complexity index is 680. The Hall–Kier alpha value is -1.76. The van der Waals surface area contributed by atoms with Crippen LogP contribution >= 0.6 is 11.6 Å². The van der Waals surface area contributed by atoms with Gasteiger partial charge in [0.1, 0.15) is 11.5 Å². The van der Waals surface area contributed by atoms with Gasteiger partial charge in [0.15, 0.2) is 6.29 Å². The van der Waals surface area contributed by atoms with Gasteiger partial charge in [0.25, 0.3) is 0 Å². The van der Waals surface area contributed by atoms with Gasteiger partial charge in [-0.2, -0.15) is 13.2 Å². The zero-order valence-corrected chi connectivity index (χ0v) is 12.5. The summed E-state index contributed by atoms with van der Waals surface area (Å²) in [6.07, 6.45) is -5.54. The minimum Gasteiger partial charge on any atom is -0.457 e. The van der Waals surface area contributed by atoms with Crippen LogP contribution in [0, 0.1) is 0 Å². The molecule has 3 rings (SSSR count). The fourth-order valence-electron chi connectivity index (χ4n) is 2.23. The van der Waals surface area contributed by atoms with Crippen LogP contribution in [-0.4, -0.2) is 13.2 Å². The zero-order chi connectivity index (χ0) is 16.4. The van der Waals surface area contributed by atoms with E-state index in [1.54, 1.807) is 24.3 Å². The summed E-state index contributed by atoms with van der Waals surface area (Å²) in [6, 6.07) is 10.0. The molecular formula is C16H12ClF3O3. The lowest BCUT2D eigenvalue weighted by Gasteiger charge is -2.18. The van der Waals surface area contributed by atoms with E-state index in [4.69, 9.17) is 25.8 Å². The first-order valence-corrected chi connectivity index (χ1v) is 7.19. The van der Waals surface area contributed by atoms with Gasteiger partial charge in [-0.25, -0.2) is 0 Å². The lowest BCUT2D eigenvalue weighted by Crippen LogP contribution is -2.12. The van der Waals surface area contributed by atoms with Crippen LogP contribution in [-0.2, 0) is 15.7 Å². The molecule has 7 heteroatoms. The third kappa shape index (κ3) is 3.77. The van der Waals surface area contributed by atoms with E-state index in [-0.39, 0.29) is 24.5 Å². The van der Waals surface area contributed by atoms with Gasteiger partial charge in [0.05, 0.1) is 18.8 Å². The molecule has 3 nitrogen and oxygen atoms in total. The predicted molar refractivity (Wildman–Crippen MR) is 77.6 cm³/mol. The van der Waals surface area contributed by atoms with Gasteiger partial charge in [0, 0.05) is 10.6 Å². The van der Waals surface area contributed by atoms with Gasteiger partial charge in [-0.3, -0.25) is 0 Å². The molecule has 2 aromatic carbocycles. The Labute approximate surface area is 135 Å². The van der Waals surface area contributed by atoms with Crippen molar-refractivity contribution >= 4 is 11.6 Å². The van der Waals surface area contributed by atoms with Crippen molar-refractivity contribution in [3.05, 3.63) is 58.6 Å². The highest BCUT2D eigenvalue weighted by molar-refractivity contribution is 6.30. The fraction of sp³-hybridized carbons (Fsp3) is 0.250. The smallest absolute Gasteiger partial charge is 0.416 e. The van der Waals surface area contributed by atoms with Crippen LogP contribution in [0.3, 0.4) is 0 Å². The molecule has 1 aliphatic heterocycles. The normalized spacial score (nSPS) is 15.8. The van der Waals surface area contributed by atoms with E-state index >= 15 is 0 Å². The molecule has 0 radical (unpaired) electrons. The van der Waals surface area contributed by atoms with Crippen molar-refractivity contribution in [2.24, 2.45) is 0 Å². The van der Waals surface area contributed by atoms with Crippen molar-refractivity contribution in [2.75, 3.05) is 13.2 Å². The van der Waals surface area contributed by atoms with E-state index in [0.717, 1.165) is 6.07 Å². The third-order valence-electron chi connectivity index (χ3n) is 3.26. The summed E-state index contributed by atoms with van der Waals surface area (Å²) in [5.74, 6) is 0.463. The number of alkyl halides is 3. The van der Waals surface area contributed by atoms with Crippen molar-refractivity contribution in [3.8, 4) is 11.5 Å². The number of benzene rings is 2. The monoisotopic (exact) mass is 344 g/mol. The van der Waals surface area contributed by atoms with E-state index in [0.29, 0.717) is 10.8 Å². The second-order valence-electron chi connectivity index (χ2n) is 4.88. The van der Waals surface area contributed by atoms with Gasteiger partial charge in [-0.15, -0.1) is 0 Å². The molecule has 1 aliphatic rings.